The first kappa shape index (κ1) is 18.3. The molecule has 0 radical (unpaired) electrons. The highest BCUT2D eigenvalue weighted by atomic mass is 32.1. The summed E-state index contributed by atoms with van der Waals surface area (Å²) >= 11 is 5.59. The van der Waals surface area contributed by atoms with Gasteiger partial charge in [-0.25, -0.2) is 4.79 Å². The Labute approximate surface area is 146 Å². The number of carbonyl (C=O) groups excluding carboxylic acids is 2. The normalized spacial score (nSPS) is 23.2. The van der Waals surface area contributed by atoms with Gasteiger partial charge in [0.25, 0.3) is 0 Å². The second kappa shape index (κ2) is 8.19. The number of rotatable bonds is 5. The summed E-state index contributed by atoms with van der Waals surface area (Å²) in [5, 5.41) is 3.05. The van der Waals surface area contributed by atoms with E-state index in [9.17, 15) is 9.59 Å². The summed E-state index contributed by atoms with van der Waals surface area (Å²) < 4.78 is 10.4. The summed E-state index contributed by atoms with van der Waals surface area (Å²) in [6.45, 7) is 0.866. The fourth-order valence-corrected chi connectivity index (χ4v) is 3.58. The number of nitrogens with one attached hydrogen (secondary N) is 1. The Bertz CT molecular complexity index is 608. The molecule has 1 aromatic rings. The maximum absolute atomic E-state index is 12.1. The maximum atomic E-state index is 12.1. The van der Waals surface area contributed by atoms with Crippen molar-refractivity contribution in [1.82, 2.24) is 10.3 Å². The number of aromatic nitrogens is 1. The molecule has 1 aliphatic rings. The Morgan fingerprint density at radius 1 is 1.46 bits per heavy atom. The Balaban J connectivity index is 2.30. The van der Waals surface area contributed by atoms with Crippen LogP contribution in [0.2, 0.25) is 0 Å². The van der Waals surface area contributed by atoms with Crippen molar-refractivity contribution >= 4 is 29.1 Å². The van der Waals surface area contributed by atoms with Gasteiger partial charge >= 0.3 is 11.9 Å². The van der Waals surface area contributed by atoms with Gasteiger partial charge in [0.15, 0.2) is 6.61 Å². The lowest BCUT2D eigenvalue weighted by Gasteiger charge is -2.43. The summed E-state index contributed by atoms with van der Waals surface area (Å²) in [4.78, 5) is 27.8. The summed E-state index contributed by atoms with van der Waals surface area (Å²) in [7, 11) is 1.77. The lowest BCUT2D eigenvalue weighted by Crippen LogP contribution is -2.54. The third kappa shape index (κ3) is 3.90. The molecule has 0 aliphatic heterocycles. The molecule has 1 aromatic heterocycles. The summed E-state index contributed by atoms with van der Waals surface area (Å²) in [5.41, 5.74) is 0.317. The molecule has 1 aliphatic carbocycles. The van der Waals surface area contributed by atoms with Crippen LogP contribution in [0.4, 0.5) is 0 Å². The average molecular weight is 350 g/mol. The Hall–Kier alpha value is -2.02. The lowest BCUT2D eigenvalue weighted by atomic mass is 9.67. The van der Waals surface area contributed by atoms with E-state index in [0.717, 1.165) is 24.8 Å². The molecule has 1 fully saturated rings. The van der Waals surface area contributed by atoms with Crippen LogP contribution >= 0.6 is 12.2 Å². The van der Waals surface area contributed by atoms with Gasteiger partial charge in [-0.05, 0) is 30.9 Å². The highest BCUT2D eigenvalue weighted by Gasteiger charge is 2.48. The Morgan fingerprint density at radius 3 is 2.88 bits per heavy atom. The van der Waals surface area contributed by atoms with Crippen LogP contribution in [0, 0.1) is 0 Å². The van der Waals surface area contributed by atoms with Crippen molar-refractivity contribution in [2.24, 2.45) is 0 Å². The minimum absolute atomic E-state index is 0.388. The number of esters is 2. The quantitative estimate of drug-likeness (QED) is 0.642. The molecule has 1 saturated carbocycles. The van der Waals surface area contributed by atoms with E-state index in [-0.39, 0.29) is 6.61 Å². The molecule has 2 unspecified atom stereocenters. The van der Waals surface area contributed by atoms with E-state index in [2.05, 4.69) is 10.3 Å². The molecule has 2 rings (SSSR count). The zero-order chi connectivity index (χ0) is 17.6. The molecule has 0 spiro atoms. The van der Waals surface area contributed by atoms with E-state index in [1.54, 1.807) is 19.4 Å². The molecular formula is C17H22N2O4S. The van der Waals surface area contributed by atoms with Crippen molar-refractivity contribution in [1.29, 1.82) is 0 Å². The molecular weight excluding hydrogens is 328 g/mol. The third-order valence-corrected chi connectivity index (χ3v) is 4.88. The first-order valence-corrected chi connectivity index (χ1v) is 8.37. The van der Waals surface area contributed by atoms with Crippen LogP contribution in [0.15, 0.2) is 24.5 Å². The fraction of sp³-hybridized carbons (Fsp3) is 0.529. The minimum atomic E-state index is -0.609. The van der Waals surface area contributed by atoms with Gasteiger partial charge < -0.3 is 14.8 Å². The van der Waals surface area contributed by atoms with Crippen LogP contribution in [0.1, 0.15) is 38.2 Å². The smallest absolute Gasteiger partial charge is 0.344 e. The zero-order valence-corrected chi connectivity index (χ0v) is 14.7. The van der Waals surface area contributed by atoms with Gasteiger partial charge in [-0.2, -0.15) is 0 Å². The molecule has 130 valence electrons. The SMILES string of the molecule is CNC(=S)C1(c2cccnc2)CCCCC1OC(=O)COC(C)=O. The van der Waals surface area contributed by atoms with Gasteiger partial charge in [0.1, 0.15) is 6.10 Å². The molecule has 0 saturated heterocycles. The van der Waals surface area contributed by atoms with Crippen LogP contribution in [-0.4, -0.2) is 41.7 Å². The standard InChI is InChI=1S/C17H22N2O4S/c1-12(20)22-11-15(21)23-14-7-3-4-8-17(14,16(24)18-2)13-6-5-9-19-10-13/h5-6,9-10,14H,3-4,7-8,11H2,1-2H3,(H,18,24). The average Bonchev–Trinajstić information content (AvgIpc) is 2.60. The fourth-order valence-electron chi connectivity index (χ4n) is 3.22. The van der Waals surface area contributed by atoms with Crippen LogP contribution in [0.5, 0.6) is 0 Å². The highest BCUT2D eigenvalue weighted by Crippen LogP contribution is 2.42. The minimum Gasteiger partial charge on any atom is -0.458 e. The summed E-state index contributed by atoms with van der Waals surface area (Å²) in [5.74, 6) is -1.08. The number of thiocarbonyl (C=S) groups is 1. The van der Waals surface area contributed by atoms with E-state index in [1.807, 2.05) is 12.1 Å². The van der Waals surface area contributed by atoms with Crippen molar-refractivity contribution in [3.8, 4) is 0 Å². The second-order valence-corrected chi connectivity index (χ2v) is 6.20. The predicted octanol–water partition coefficient (Wildman–Crippen LogP) is 1.92. The first-order chi connectivity index (χ1) is 11.5. The number of likely N-dealkylation sites (N-methyl/N-ethyl adjacent to an activating group) is 1. The van der Waals surface area contributed by atoms with Crippen molar-refractivity contribution in [2.75, 3.05) is 13.7 Å². The van der Waals surface area contributed by atoms with Crippen molar-refractivity contribution in [3.63, 3.8) is 0 Å². The van der Waals surface area contributed by atoms with Gasteiger partial charge in [0, 0.05) is 26.4 Å². The van der Waals surface area contributed by atoms with E-state index >= 15 is 0 Å². The second-order valence-electron chi connectivity index (χ2n) is 5.80. The monoisotopic (exact) mass is 350 g/mol. The number of hydrogen-bond donors (Lipinski definition) is 1. The largest absolute Gasteiger partial charge is 0.458 e. The van der Waals surface area contributed by atoms with E-state index in [0.29, 0.717) is 11.4 Å². The van der Waals surface area contributed by atoms with Crippen molar-refractivity contribution in [2.45, 2.75) is 44.1 Å². The molecule has 1 heterocycles. The molecule has 7 heteroatoms. The van der Waals surface area contributed by atoms with Crippen LogP contribution < -0.4 is 5.32 Å². The van der Waals surface area contributed by atoms with Gasteiger partial charge in [0.05, 0.1) is 10.4 Å². The maximum Gasteiger partial charge on any atom is 0.344 e. The highest BCUT2D eigenvalue weighted by molar-refractivity contribution is 7.80. The van der Waals surface area contributed by atoms with E-state index < -0.39 is 23.5 Å². The van der Waals surface area contributed by atoms with Gasteiger partial charge in [-0.3, -0.25) is 9.78 Å². The number of ether oxygens (including phenoxy) is 2. The molecule has 1 N–H and O–H groups in total. The number of pyridine rings is 1. The van der Waals surface area contributed by atoms with Crippen LogP contribution in [0.3, 0.4) is 0 Å². The lowest BCUT2D eigenvalue weighted by molar-refractivity contribution is -0.164. The van der Waals surface area contributed by atoms with E-state index in [1.165, 1.54) is 6.92 Å². The van der Waals surface area contributed by atoms with Crippen LogP contribution in [-0.2, 0) is 24.5 Å². The zero-order valence-electron chi connectivity index (χ0n) is 13.9. The number of hydrogen-bond acceptors (Lipinski definition) is 6. The van der Waals surface area contributed by atoms with Gasteiger partial charge in [-0.1, -0.05) is 24.7 Å². The molecule has 2 atom stereocenters. The predicted molar refractivity (Wildman–Crippen MR) is 92.6 cm³/mol. The number of nitrogens with zero attached hydrogens (tertiary/aromatic N) is 1. The van der Waals surface area contributed by atoms with Gasteiger partial charge in [-0.15, -0.1) is 0 Å². The molecule has 0 bridgehead atoms. The molecule has 24 heavy (non-hydrogen) atoms. The third-order valence-electron chi connectivity index (χ3n) is 4.31. The van der Waals surface area contributed by atoms with Gasteiger partial charge in [0.2, 0.25) is 0 Å². The van der Waals surface area contributed by atoms with Crippen LogP contribution in [0.25, 0.3) is 0 Å². The number of carbonyl (C=O) groups is 2. The first-order valence-electron chi connectivity index (χ1n) is 7.96. The topological polar surface area (TPSA) is 77.5 Å². The Morgan fingerprint density at radius 2 is 2.25 bits per heavy atom. The molecule has 6 nitrogen and oxygen atoms in total. The molecule has 0 amide bonds. The summed E-state index contributed by atoms with van der Waals surface area (Å²) in [6, 6.07) is 3.80. The van der Waals surface area contributed by atoms with Crippen molar-refractivity contribution in [3.05, 3.63) is 30.1 Å². The molecule has 0 aromatic carbocycles. The van der Waals surface area contributed by atoms with E-state index in [4.69, 9.17) is 21.7 Å². The summed E-state index contributed by atoms with van der Waals surface area (Å²) in [6.07, 6.45) is 6.44. The Kier molecular flexibility index (Phi) is 6.25. The van der Waals surface area contributed by atoms with Crippen molar-refractivity contribution < 1.29 is 19.1 Å².